The molecule has 10 nitrogen and oxygen atoms in total. The van der Waals surface area contributed by atoms with Crippen molar-refractivity contribution in [1.82, 2.24) is 0 Å². The minimum atomic E-state index is -0.961. The van der Waals surface area contributed by atoms with Crippen molar-refractivity contribution >= 4 is 23.0 Å². The van der Waals surface area contributed by atoms with E-state index in [1.165, 1.54) is 43.5 Å². The zero-order valence-electron chi connectivity index (χ0n) is 74.2. The summed E-state index contributed by atoms with van der Waals surface area (Å²) in [5.74, 6) is 243. The van der Waals surface area contributed by atoms with Crippen molar-refractivity contribution in [2.45, 2.75) is 20.1 Å². The lowest BCUT2D eigenvalue weighted by Crippen LogP contribution is -2.01. The van der Waals surface area contributed by atoms with Crippen LogP contribution in [0.5, 0.6) is 28.7 Å². The SMILES string of the molecule is C#CC#CC#CC#CC#CC#CC#CC#CC#CC#CC#C.C#CC#CC#CC#CC#CC#CC#CC#CC#CC#CC#C.C#CC#CC#CC#CC#CC#CC#CC#CC#CC#CC#COc1cc(C)cc(C(=O)OC)c1.C#CC#CC#CC#CC#CC#CC#CC#CC#CC#CC#COc1cc(O)cc(CO)c1.C#CC#CC#CC#CC#CC#CC#CC#CC#CC#CC#COc1cc(O)cc(COC(=O)Cl)c1.[HH].[HH].[HH].[HH].[HH].[HH].[HH].[HH].[HH].[HH].[HH].[HH].[HH].[HH].[HH].[HH].[HH].[HH].[HH].[HH].[HH].[HH].[HH].[HH].[HH].[HH].[HH].[HH].[HH].[HH].[HH].[HH].[HH].[HH].[HH].[HH].[HH].[HH].[HH].[HH].[HH].[HH].[HH].[HH].[HH].[HH].[HH].[HH].[HH].[HH].[HH].[HH].[HH].[HH].[HH].[HH].[HH].[HH].[HH].[HH].[HH].[HH].[HH].[HH].[HH].[HH].[HH].[HH].[HH].[HH].[HH].[HH].[HH].[HH].[HH].[HH].[HH].[HH].[HH].[HH].[HH].[HH].[HH].[HH].[HH].[HH].[HH].[HH].[HH].[HH].[HH].[HH].[HH].[HH].[HH].[HH].[HH].[HH].[HH].[HH].[HH].[HH].[HH].[HH].[HH].[HH].[HH].[HH]. The van der Waals surface area contributed by atoms with Gasteiger partial charge in [0, 0.05) is 438 Å². The summed E-state index contributed by atoms with van der Waals surface area (Å²) in [6, 6.07) is 13.5. The molecule has 11 heteroatoms. The predicted molar refractivity (Wildman–Crippen MR) is 786 cm³/mol. The van der Waals surface area contributed by atoms with Crippen LogP contribution in [0.4, 0.5) is 4.79 Å². The van der Waals surface area contributed by atoms with Gasteiger partial charge in [-0.1, -0.05) is 0 Å². The Kier molecular flexibility index (Phi) is 81.4. The van der Waals surface area contributed by atoms with Crippen LogP contribution in [0.15, 0.2) is 54.6 Å². The highest BCUT2D eigenvalue weighted by Crippen LogP contribution is 2.23. The van der Waals surface area contributed by atoms with E-state index in [2.05, 4.69) is 620 Å². The summed E-state index contributed by atoms with van der Waals surface area (Å²) in [5, 5.41) is 28.1. The predicted octanol–water partition coefficient (Wildman–Crippen LogP) is 32.1. The molecule has 0 radical (unpaired) electrons. The van der Waals surface area contributed by atoms with Crippen LogP contribution < -0.4 is 14.2 Å². The summed E-state index contributed by atoms with van der Waals surface area (Å²) in [5.41, 5.74) is 1.20. The Morgan fingerprint density at radius 1 is 0.241 bits per heavy atom. The number of carbonyl (C=O) groups is 2. The molecule has 0 saturated carbocycles. The molecule has 3 aromatic carbocycles. The number of phenolic OH excluding ortho intramolecular Hbond substituents is 2. The average molecular weight is 2050 g/mol. The third kappa shape index (κ3) is 91.7. The van der Waals surface area contributed by atoms with Gasteiger partial charge in [0.05, 0.1) is 19.3 Å². The van der Waals surface area contributed by atoms with Crippen LogP contribution in [0.2, 0.25) is 0 Å². The molecule has 0 aliphatic heterocycles. The summed E-state index contributed by atoms with van der Waals surface area (Å²) in [7, 11) is 1.31. The Morgan fingerprint density at radius 3 is 0.579 bits per heavy atom. The maximum absolute atomic E-state index is 11.6. The first-order chi connectivity index (χ1) is 71.4. The lowest BCUT2D eigenvalue weighted by atomic mass is 10.1. The Morgan fingerprint density at radius 2 is 0.407 bits per heavy atom. The minimum absolute atomic E-state index is 0. The molecule has 0 aromatic heterocycles. The zero-order chi connectivity index (χ0) is 105. The number of ether oxygens (including phenoxy) is 5. The minimum Gasteiger partial charge on any atom is -0.508 e. The quantitative estimate of drug-likeness (QED) is 0.119. The number of benzene rings is 3. The first kappa shape index (κ1) is 119. The molecular weight excluding hydrogens is 1800 g/mol. The van der Waals surface area contributed by atoms with Gasteiger partial charge in [-0.25, -0.2) is 9.59 Å². The van der Waals surface area contributed by atoms with E-state index < -0.39 is 11.4 Å². The van der Waals surface area contributed by atoms with E-state index in [0.717, 1.165) is 5.56 Å². The number of esters is 1. The summed E-state index contributed by atoms with van der Waals surface area (Å²) in [6.45, 7) is 1.47. The van der Waals surface area contributed by atoms with Gasteiger partial charge in [0.25, 0.3) is 0 Å². The molecule has 0 aliphatic rings. The summed E-state index contributed by atoms with van der Waals surface area (Å²) >= 11 is 5.10. The van der Waals surface area contributed by atoms with Crippen LogP contribution in [0, 0.1) is 662 Å². The fourth-order valence-corrected chi connectivity index (χ4v) is 5.99. The number of aliphatic hydroxyl groups excluding tert-OH is 1. The molecule has 0 unspecified atom stereocenters. The van der Waals surface area contributed by atoms with Crippen LogP contribution in [0.25, 0.3) is 0 Å². The normalized spacial score (nSPS) is 5.33. The van der Waals surface area contributed by atoms with E-state index in [-0.39, 0.29) is 190 Å². The average Bonchev–Trinajstić information content (AvgIpc) is 0.857. The molecule has 3 rings (SSSR count). The van der Waals surface area contributed by atoms with Gasteiger partial charge in [-0.15, -0.1) is 45.0 Å². The molecule has 0 atom stereocenters. The Labute approximate surface area is 1010 Å². The number of aryl methyl sites for hydroxylation is 1. The van der Waals surface area contributed by atoms with Crippen LogP contribution in [0.3, 0.4) is 0 Å². The second-order valence-electron chi connectivity index (χ2n) is 20.1. The molecule has 0 heterocycles. The van der Waals surface area contributed by atoms with Crippen LogP contribution in [-0.2, 0) is 22.7 Å². The van der Waals surface area contributed by atoms with Crippen molar-refractivity contribution in [2.24, 2.45) is 0 Å². The van der Waals surface area contributed by atoms with Crippen LogP contribution in [0.1, 0.15) is 181 Å². The second kappa shape index (κ2) is 99.4. The molecule has 0 amide bonds. The zero-order valence-corrected chi connectivity index (χ0v) is 75.0. The summed E-state index contributed by atoms with van der Waals surface area (Å²) in [4.78, 5) is 22.2. The van der Waals surface area contributed by atoms with E-state index in [1.54, 1.807) is 18.2 Å². The fraction of sp³-hybridized carbons (Fsp3) is 0.0299. The van der Waals surface area contributed by atoms with Crippen LogP contribution >= 0.6 is 11.6 Å². The van der Waals surface area contributed by atoms with Gasteiger partial charge >= 0.3 is 11.4 Å². The van der Waals surface area contributed by atoms with Gasteiger partial charge < -0.3 is 39.0 Å². The lowest BCUT2D eigenvalue weighted by molar-refractivity contribution is 0.0600. The highest BCUT2D eigenvalue weighted by atomic mass is 35.5. The molecular formula is C134H245ClO10. The van der Waals surface area contributed by atoms with E-state index in [1.807, 2.05) is 6.92 Å². The molecule has 0 saturated heterocycles. The summed E-state index contributed by atoms with van der Waals surface area (Å²) in [6.07, 6.45) is 41.4. The standard InChI is InChI=1S/C31H10O3.C30H7ClO4.C29H8O3.2C22H2.108H2/c1-4-5-6-7-8-9-10-11-12-13-14-15-16-17-18-19-20-21-22-23-24-34-30-26-28(2)25-29(27-30)31(32)33-3;1-2-3-4-5-6-7-8-9-10-11-12-13-14-15-16-17-18-19-20-21-22-34-29-24-27(23-28(32)25-29)26-35-30(31)33;1-2-3-4-5-6-7-8-9-10-11-12-13-14-15-16-17-18-19-20-21-22-32-29-24-27(26-30)23-28(31)25-29;2*1-3-5-7-9-11-13-15-17-19-21-22-20-18-16-14-12-10-8-6-4-2;;;;;;;;;;;;;;;;;;;;;;;;;;;;;;;;;;;;;;;;;;;;;;;;;;;;;;;;;;;;;;;;;;;;;;;;;;;;;;;;;;;;;;;;;;;;;;;;;;;;;;;;;;;;/h1,25-27H,2-3H3;1,23-25,32H,26H2;1,23-25,30-31H,26H2;2*1-2H;108*1H. The van der Waals surface area contributed by atoms with Crippen molar-refractivity contribution in [3.8, 4) is 684 Å². The molecule has 3 N–H and O–H groups in total. The maximum atomic E-state index is 11.6. The van der Waals surface area contributed by atoms with E-state index >= 15 is 0 Å². The van der Waals surface area contributed by atoms with E-state index in [9.17, 15) is 19.8 Å². The number of aromatic hydroxyl groups is 2. The molecule has 0 fully saturated rings. The number of phenols is 2. The Hall–Kier alpha value is -28.3. The number of hydrogen-bond donors (Lipinski definition) is 3. The number of aliphatic hydroxyl groups is 1. The van der Waals surface area contributed by atoms with Gasteiger partial charge in [-0.05, 0) is 398 Å². The smallest absolute Gasteiger partial charge is 0.404 e. The van der Waals surface area contributed by atoms with E-state index in [4.69, 9.17) is 75.9 Å². The third-order valence-electron chi connectivity index (χ3n) is 10.6. The third-order valence-corrected chi connectivity index (χ3v) is 10.7. The maximum Gasteiger partial charge on any atom is 0.404 e. The summed E-state index contributed by atoms with van der Waals surface area (Å²) < 4.78 is 24.8. The fourth-order valence-electron chi connectivity index (χ4n) is 5.94. The molecule has 848 valence electrons. The van der Waals surface area contributed by atoms with Crippen molar-refractivity contribution in [1.29, 1.82) is 0 Å². The number of rotatable bonds is 7. The number of methoxy groups -OCH3 is 1. The first-order valence-electron chi connectivity index (χ1n) is 36.9. The van der Waals surface area contributed by atoms with Gasteiger partial charge in [0.15, 0.2) is 0 Å². The van der Waals surface area contributed by atoms with Gasteiger partial charge in [-0.3, -0.25) is 0 Å². The van der Waals surface area contributed by atoms with Crippen molar-refractivity contribution < 1.29 is 203 Å². The number of hydrogen-bond acceptors (Lipinski definition) is 10. The number of carbonyl (C=O) groups excluding carboxylic acids is 2. The van der Waals surface area contributed by atoms with Crippen molar-refractivity contribution in [2.75, 3.05) is 7.11 Å². The van der Waals surface area contributed by atoms with Crippen LogP contribution in [-0.4, -0.2) is 33.8 Å². The molecule has 145 heavy (non-hydrogen) atoms. The lowest BCUT2D eigenvalue weighted by Gasteiger charge is -2.04. The van der Waals surface area contributed by atoms with Gasteiger partial charge in [0.2, 0.25) is 0 Å². The Bertz CT molecular complexity index is 9510. The second-order valence-corrected chi connectivity index (χ2v) is 20.4. The molecule has 0 spiro atoms. The highest BCUT2D eigenvalue weighted by Gasteiger charge is 2.08. The monoisotopic (exact) mass is 2050 g/mol. The largest absolute Gasteiger partial charge is 0.508 e. The first-order valence-corrected chi connectivity index (χ1v) is 37.2. The van der Waals surface area contributed by atoms with Gasteiger partial charge in [-0.2, -0.15) is 0 Å². The number of halogens is 1. The van der Waals surface area contributed by atoms with Gasteiger partial charge in [0.1, 0.15) is 53.7 Å². The molecule has 0 aliphatic carbocycles. The van der Waals surface area contributed by atoms with Crippen molar-refractivity contribution in [3.05, 3.63) is 76.9 Å². The van der Waals surface area contributed by atoms with E-state index in [0.29, 0.717) is 22.4 Å². The Balaban J connectivity index is -0.00000000851. The molecule has 0 bridgehead atoms. The number of terminal acetylenes is 7. The topological polar surface area (TPSA) is 141 Å². The van der Waals surface area contributed by atoms with Crippen molar-refractivity contribution in [3.63, 3.8) is 0 Å². The molecule has 3 aromatic rings. The highest BCUT2D eigenvalue weighted by molar-refractivity contribution is 6.61.